The number of aldehydes is 1. The van der Waals surface area contributed by atoms with Crippen molar-refractivity contribution in [2.24, 2.45) is 11.0 Å². The van der Waals surface area contributed by atoms with E-state index in [1.54, 1.807) is 0 Å². The van der Waals surface area contributed by atoms with Gasteiger partial charge in [-0.3, -0.25) is 14.5 Å². The molecule has 8 heteroatoms. The van der Waals surface area contributed by atoms with Crippen LogP contribution >= 0.6 is 0 Å². The van der Waals surface area contributed by atoms with Gasteiger partial charge in [0.05, 0.1) is 5.56 Å². The highest BCUT2D eigenvalue weighted by Crippen LogP contribution is 2.22. The summed E-state index contributed by atoms with van der Waals surface area (Å²) in [6.45, 7) is 0.712. The van der Waals surface area contributed by atoms with Crippen LogP contribution in [0.5, 0.6) is 0 Å². The highest BCUT2D eigenvalue weighted by Gasteiger charge is 2.31. The van der Waals surface area contributed by atoms with Crippen molar-refractivity contribution in [2.75, 3.05) is 18.0 Å². The highest BCUT2D eigenvalue weighted by atomic mass is 16.2. The maximum atomic E-state index is 11.7. The molecular weight excluding hydrogens is 236 g/mol. The minimum absolute atomic E-state index is 0.0113. The number of anilines is 1. The molecule has 1 unspecified atom stereocenters. The maximum Gasteiger partial charge on any atom is 0.232 e. The van der Waals surface area contributed by atoms with Crippen LogP contribution < -0.4 is 4.90 Å². The van der Waals surface area contributed by atoms with E-state index in [4.69, 9.17) is 5.53 Å². The summed E-state index contributed by atoms with van der Waals surface area (Å²) < 4.78 is 0. The number of azide groups is 1. The van der Waals surface area contributed by atoms with Crippen molar-refractivity contribution in [3.8, 4) is 0 Å². The summed E-state index contributed by atoms with van der Waals surface area (Å²) in [7, 11) is 0. The van der Waals surface area contributed by atoms with Gasteiger partial charge in [-0.05, 0) is 11.4 Å². The Bertz CT molecular complexity index is 508. The number of aromatic nitrogens is 2. The quantitative estimate of drug-likeness (QED) is 0.340. The van der Waals surface area contributed by atoms with Gasteiger partial charge in [0.25, 0.3) is 0 Å². The summed E-state index contributed by atoms with van der Waals surface area (Å²) in [6.07, 6.45) is 3.69. The molecule has 1 atom stereocenters. The molecule has 1 aromatic rings. The standard InChI is InChI=1S/C10H10N6O2/c11-15-14-4-7-1-9(18)16(5-7)10-12-2-8(6-17)3-13-10/h2-3,6-7H,1,4-5H2. The van der Waals surface area contributed by atoms with Gasteiger partial charge in [0, 0.05) is 36.8 Å². The molecule has 0 aromatic carbocycles. The molecule has 1 aromatic heterocycles. The van der Waals surface area contributed by atoms with Crippen molar-refractivity contribution in [2.45, 2.75) is 6.42 Å². The number of nitrogens with zero attached hydrogens (tertiary/aromatic N) is 6. The summed E-state index contributed by atoms with van der Waals surface area (Å²) in [5.74, 6) is 0.156. The largest absolute Gasteiger partial charge is 0.298 e. The van der Waals surface area contributed by atoms with Crippen molar-refractivity contribution in [3.05, 3.63) is 28.4 Å². The molecule has 0 aliphatic carbocycles. The number of hydrogen-bond acceptors (Lipinski definition) is 5. The molecule has 1 saturated heterocycles. The molecule has 0 saturated carbocycles. The lowest BCUT2D eigenvalue weighted by Crippen LogP contribution is -2.26. The van der Waals surface area contributed by atoms with Crippen molar-refractivity contribution in [3.63, 3.8) is 0 Å². The molecule has 0 N–H and O–H groups in total. The first-order chi connectivity index (χ1) is 8.74. The lowest BCUT2D eigenvalue weighted by Gasteiger charge is -2.13. The molecule has 1 aliphatic heterocycles. The third-order valence-electron chi connectivity index (χ3n) is 2.64. The fourth-order valence-corrected chi connectivity index (χ4v) is 1.78. The maximum absolute atomic E-state index is 11.7. The normalized spacial score (nSPS) is 18.6. The van der Waals surface area contributed by atoms with Gasteiger partial charge in [-0.2, -0.15) is 0 Å². The summed E-state index contributed by atoms with van der Waals surface area (Å²) >= 11 is 0. The molecule has 0 spiro atoms. The minimum Gasteiger partial charge on any atom is -0.298 e. The van der Waals surface area contributed by atoms with Crippen LogP contribution in [0, 0.1) is 5.92 Å². The predicted octanol–water partition coefficient (Wildman–Crippen LogP) is 0.952. The van der Waals surface area contributed by atoms with Gasteiger partial charge in [-0.15, -0.1) is 0 Å². The second-order valence-electron chi connectivity index (χ2n) is 3.92. The van der Waals surface area contributed by atoms with Crippen LogP contribution in [-0.4, -0.2) is 35.3 Å². The van der Waals surface area contributed by atoms with E-state index in [9.17, 15) is 9.59 Å². The monoisotopic (exact) mass is 246 g/mol. The van der Waals surface area contributed by atoms with E-state index < -0.39 is 0 Å². The molecule has 2 heterocycles. The molecular formula is C10H10N6O2. The van der Waals surface area contributed by atoms with Gasteiger partial charge in [-0.25, -0.2) is 9.97 Å². The van der Waals surface area contributed by atoms with E-state index >= 15 is 0 Å². The van der Waals surface area contributed by atoms with Crippen LogP contribution in [0.2, 0.25) is 0 Å². The summed E-state index contributed by atoms with van der Waals surface area (Å²) in [5.41, 5.74) is 8.59. The van der Waals surface area contributed by atoms with Gasteiger partial charge < -0.3 is 0 Å². The lowest BCUT2D eigenvalue weighted by atomic mass is 10.1. The van der Waals surface area contributed by atoms with Gasteiger partial charge in [0.15, 0.2) is 6.29 Å². The predicted molar refractivity (Wildman–Crippen MR) is 61.9 cm³/mol. The third-order valence-corrected chi connectivity index (χ3v) is 2.64. The number of amides is 1. The van der Waals surface area contributed by atoms with Gasteiger partial charge in [-0.1, -0.05) is 5.11 Å². The van der Waals surface area contributed by atoms with Crippen molar-refractivity contribution >= 4 is 18.1 Å². The van der Waals surface area contributed by atoms with E-state index in [2.05, 4.69) is 20.0 Å². The number of hydrogen-bond donors (Lipinski definition) is 0. The third kappa shape index (κ3) is 2.44. The van der Waals surface area contributed by atoms with Crippen LogP contribution in [0.4, 0.5) is 5.95 Å². The zero-order chi connectivity index (χ0) is 13.0. The Morgan fingerprint density at radius 3 is 2.89 bits per heavy atom. The van der Waals surface area contributed by atoms with E-state index in [0.717, 1.165) is 0 Å². The highest BCUT2D eigenvalue weighted by molar-refractivity contribution is 5.94. The average molecular weight is 246 g/mol. The van der Waals surface area contributed by atoms with Gasteiger partial charge in [0.2, 0.25) is 11.9 Å². The molecule has 1 aliphatic rings. The first-order valence-electron chi connectivity index (χ1n) is 5.33. The molecule has 2 rings (SSSR count). The Balaban J connectivity index is 2.10. The smallest absolute Gasteiger partial charge is 0.232 e. The molecule has 18 heavy (non-hydrogen) atoms. The van der Waals surface area contributed by atoms with Crippen molar-refractivity contribution in [1.29, 1.82) is 0 Å². The van der Waals surface area contributed by atoms with Crippen LogP contribution in [0.15, 0.2) is 17.5 Å². The Morgan fingerprint density at radius 2 is 2.28 bits per heavy atom. The zero-order valence-electron chi connectivity index (χ0n) is 9.43. The first kappa shape index (κ1) is 12.0. The Kier molecular flexibility index (Phi) is 3.49. The van der Waals surface area contributed by atoms with Crippen LogP contribution in [0.25, 0.3) is 10.4 Å². The SMILES string of the molecule is [N-]=[N+]=NCC1CC(=O)N(c2ncc(C=O)cn2)C1. The summed E-state index contributed by atoms with van der Waals surface area (Å²) in [4.78, 5) is 34.2. The van der Waals surface area contributed by atoms with E-state index in [1.807, 2.05) is 0 Å². The Morgan fingerprint density at radius 1 is 1.56 bits per heavy atom. The Labute approximate surface area is 102 Å². The van der Waals surface area contributed by atoms with E-state index in [-0.39, 0.29) is 24.3 Å². The number of rotatable bonds is 4. The van der Waals surface area contributed by atoms with Crippen LogP contribution in [-0.2, 0) is 4.79 Å². The molecule has 0 radical (unpaired) electrons. The number of carbonyl (C=O) groups excluding carboxylic acids is 2. The van der Waals surface area contributed by atoms with Gasteiger partial charge >= 0.3 is 0 Å². The van der Waals surface area contributed by atoms with Crippen LogP contribution in [0.3, 0.4) is 0 Å². The zero-order valence-corrected chi connectivity index (χ0v) is 9.43. The molecule has 0 bridgehead atoms. The second kappa shape index (κ2) is 5.24. The summed E-state index contributed by atoms with van der Waals surface area (Å²) in [6, 6.07) is 0. The van der Waals surface area contributed by atoms with Crippen molar-refractivity contribution in [1.82, 2.24) is 9.97 Å². The fraction of sp³-hybridized carbons (Fsp3) is 0.400. The van der Waals surface area contributed by atoms with Crippen molar-refractivity contribution < 1.29 is 9.59 Å². The fourth-order valence-electron chi connectivity index (χ4n) is 1.78. The molecule has 1 amide bonds. The molecule has 92 valence electrons. The first-order valence-corrected chi connectivity index (χ1v) is 5.33. The average Bonchev–Trinajstić information content (AvgIpc) is 2.78. The minimum atomic E-state index is -0.105. The van der Waals surface area contributed by atoms with E-state index in [0.29, 0.717) is 24.8 Å². The number of carbonyl (C=O) groups is 2. The van der Waals surface area contributed by atoms with Gasteiger partial charge in [0.1, 0.15) is 0 Å². The molecule has 8 nitrogen and oxygen atoms in total. The summed E-state index contributed by atoms with van der Waals surface area (Å²) in [5, 5.41) is 3.46. The Hall–Kier alpha value is -2.47. The van der Waals surface area contributed by atoms with E-state index in [1.165, 1.54) is 17.3 Å². The lowest BCUT2D eigenvalue weighted by molar-refractivity contribution is -0.117. The van der Waals surface area contributed by atoms with Crippen LogP contribution in [0.1, 0.15) is 16.8 Å². The second-order valence-corrected chi connectivity index (χ2v) is 3.92. The molecule has 1 fully saturated rings. The topological polar surface area (TPSA) is 112 Å².